The number of carbonyl (C=O) groups is 1. The van der Waals surface area contributed by atoms with Gasteiger partial charge in [0.2, 0.25) is 0 Å². The molecular weight excluding hydrogens is 348 g/mol. The number of nitrogens with zero attached hydrogens (tertiary/aromatic N) is 1. The minimum atomic E-state index is -3.74. The molecule has 6 heteroatoms. The van der Waals surface area contributed by atoms with Gasteiger partial charge in [-0.3, -0.25) is 9.10 Å². The average Bonchev–Trinajstić information content (AvgIpc) is 3.14. The molecule has 0 atom stereocenters. The predicted molar refractivity (Wildman–Crippen MR) is 103 cm³/mol. The third-order valence-corrected chi connectivity index (χ3v) is 6.67. The smallest absolute Gasteiger partial charge is 0.264 e. The van der Waals surface area contributed by atoms with Crippen molar-refractivity contribution in [1.82, 2.24) is 5.32 Å². The van der Waals surface area contributed by atoms with Crippen molar-refractivity contribution in [3.05, 3.63) is 59.7 Å². The molecule has 0 heterocycles. The molecule has 0 spiro atoms. The van der Waals surface area contributed by atoms with E-state index in [0.717, 1.165) is 31.2 Å². The summed E-state index contributed by atoms with van der Waals surface area (Å²) in [5, 5.41) is 3.00. The quantitative estimate of drug-likeness (QED) is 0.874. The average molecular weight is 372 g/mol. The van der Waals surface area contributed by atoms with Gasteiger partial charge in [0, 0.05) is 18.7 Å². The molecule has 1 aliphatic rings. The number of anilines is 1. The zero-order chi connectivity index (χ0) is 18.7. The fraction of sp³-hybridized carbons (Fsp3) is 0.350. The molecule has 0 unspecified atom stereocenters. The zero-order valence-electron chi connectivity index (χ0n) is 15.1. The fourth-order valence-corrected chi connectivity index (χ4v) is 4.65. The van der Waals surface area contributed by atoms with Crippen molar-refractivity contribution in [1.29, 1.82) is 0 Å². The summed E-state index contributed by atoms with van der Waals surface area (Å²) in [5.41, 5.74) is 1.86. The van der Waals surface area contributed by atoms with Gasteiger partial charge in [-0.25, -0.2) is 8.42 Å². The van der Waals surface area contributed by atoms with Crippen LogP contribution in [0.25, 0.3) is 0 Å². The molecule has 1 amide bonds. The first-order chi connectivity index (χ1) is 12.4. The van der Waals surface area contributed by atoms with Crippen LogP contribution in [0.2, 0.25) is 0 Å². The lowest BCUT2D eigenvalue weighted by molar-refractivity contribution is 0.0937. The Hall–Kier alpha value is -2.34. The minimum absolute atomic E-state index is 0.113. The Kier molecular flexibility index (Phi) is 5.32. The molecule has 138 valence electrons. The van der Waals surface area contributed by atoms with Crippen molar-refractivity contribution in [2.45, 2.75) is 43.5 Å². The standard InChI is InChI=1S/C20H24N2O3S/c1-15-8-3-6-13-19(15)22(2)26(24,25)18-12-7-9-16(14-18)20(23)21-17-10-4-5-11-17/h3,6-9,12-14,17H,4-5,10-11H2,1-2H3,(H,21,23). The number of sulfonamides is 1. The summed E-state index contributed by atoms with van der Waals surface area (Å²) < 4.78 is 27.3. The van der Waals surface area contributed by atoms with Gasteiger partial charge in [-0.1, -0.05) is 37.1 Å². The Bertz CT molecular complexity index is 903. The molecule has 1 fully saturated rings. The third-order valence-electron chi connectivity index (χ3n) is 4.90. The van der Waals surface area contributed by atoms with Crippen molar-refractivity contribution in [2.24, 2.45) is 0 Å². The summed E-state index contributed by atoms with van der Waals surface area (Å²) in [4.78, 5) is 12.6. The van der Waals surface area contributed by atoms with E-state index >= 15 is 0 Å². The van der Waals surface area contributed by atoms with Gasteiger partial charge >= 0.3 is 0 Å². The predicted octanol–water partition coefficient (Wildman–Crippen LogP) is 3.49. The van der Waals surface area contributed by atoms with Crippen LogP contribution in [0, 0.1) is 6.92 Å². The normalized spacial score (nSPS) is 15.0. The minimum Gasteiger partial charge on any atom is -0.349 e. The van der Waals surface area contributed by atoms with Crippen LogP contribution in [-0.4, -0.2) is 27.4 Å². The Morgan fingerprint density at radius 2 is 1.77 bits per heavy atom. The molecule has 0 saturated heterocycles. The van der Waals surface area contributed by atoms with E-state index < -0.39 is 10.0 Å². The number of para-hydroxylation sites is 1. The van der Waals surface area contributed by atoms with E-state index in [2.05, 4.69) is 5.32 Å². The second-order valence-corrected chi connectivity index (χ2v) is 8.71. The highest BCUT2D eigenvalue weighted by Gasteiger charge is 2.24. The van der Waals surface area contributed by atoms with Gasteiger partial charge in [0.05, 0.1) is 10.6 Å². The number of hydrogen-bond donors (Lipinski definition) is 1. The first-order valence-electron chi connectivity index (χ1n) is 8.85. The van der Waals surface area contributed by atoms with Crippen LogP contribution in [0.1, 0.15) is 41.6 Å². The second-order valence-electron chi connectivity index (χ2n) is 6.74. The maximum absolute atomic E-state index is 13.0. The number of hydrogen-bond acceptors (Lipinski definition) is 3. The fourth-order valence-electron chi connectivity index (χ4n) is 3.34. The topological polar surface area (TPSA) is 66.5 Å². The molecule has 1 aliphatic carbocycles. The van der Waals surface area contributed by atoms with E-state index in [0.29, 0.717) is 11.3 Å². The lowest BCUT2D eigenvalue weighted by atomic mass is 10.2. The second kappa shape index (κ2) is 7.50. The molecule has 26 heavy (non-hydrogen) atoms. The van der Waals surface area contributed by atoms with Crippen LogP contribution in [0.5, 0.6) is 0 Å². The molecule has 5 nitrogen and oxygen atoms in total. The van der Waals surface area contributed by atoms with Crippen LogP contribution < -0.4 is 9.62 Å². The summed E-state index contributed by atoms with van der Waals surface area (Å²) in [6, 6.07) is 13.7. The molecule has 0 radical (unpaired) electrons. The molecule has 1 N–H and O–H groups in total. The molecule has 0 aromatic heterocycles. The van der Waals surface area contributed by atoms with Gasteiger partial charge in [0.1, 0.15) is 0 Å². The summed E-state index contributed by atoms with van der Waals surface area (Å²) in [5.74, 6) is -0.215. The molecule has 0 bridgehead atoms. The maximum Gasteiger partial charge on any atom is 0.264 e. The van der Waals surface area contributed by atoms with Crippen LogP contribution in [0.4, 0.5) is 5.69 Å². The van der Waals surface area contributed by atoms with E-state index in [-0.39, 0.29) is 16.8 Å². The number of nitrogens with one attached hydrogen (secondary N) is 1. The first-order valence-corrected chi connectivity index (χ1v) is 10.3. The number of aryl methyl sites for hydroxylation is 1. The van der Waals surface area contributed by atoms with Gasteiger partial charge in [0.15, 0.2) is 0 Å². The molecule has 3 rings (SSSR count). The van der Waals surface area contributed by atoms with Crippen LogP contribution >= 0.6 is 0 Å². The number of amides is 1. The Morgan fingerprint density at radius 3 is 2.46 bits per heavy atom. The highest BCUT2D eigenvalue weighted by atomic mass is 32.2. The highest BCUT2D eigenvalue weighted by molar-refractivity contribution is 7.92. The maximum atomic E-state index is 13.0. The van der Waals surface area contributed by atoms with Crippen molar-refractivity contribution in [3.63, 3.8) is 0 Å². The summed E-state index contributed by atoms with van der Waals surface area (Å²) in [7, 11) is -2.21. The van der Waals surface area contributed by atoms with E-state index in [1.54, 1.807) is 24.3 Å². The van der Waals surface area contributed by atoms with Crippen molar-refractivity contribution in [3.8, 4) is 0 Å². The molecule has 0 aliphatic heterocycles. The van der Waals surface area contributed by atoms with Gasteiger partial charge in [-0.2, -0.15) is 0 Å². The lowest BCUT2D eigenvalue weighted by Crippen LogP contribution is -2.33. The summed E-state index contributed by atoms with van der Waals surface area (Å²) in [6.45, 7) is 1.87. The Balaban J connectivity index is 1.86. The van der Waals surface area contributed by atoms with E-state index in [4.69, 9.17) is 0 Å². The molecular formula is C20H24N2O3S. The lowest BCUT2D eigenvalue weighted by Gasteiger charge is -2.21. The zero-order valence-corrected chi connectivity index (χ0v) is 15.9. The van der Waals surface area contributed by atoms with Gasteiger partial charge in [-0.05, 0) is 49.6 Å². The van der Waals surface area contributed by atoms with Crippen molar-refractivity contribution >= 4 is 21.6 Å². The number of carbonyl (C=O) groups excluding carboxylic acids is 1. The van der Waals surface area contributed by atoms with Crippen LogP contribution in [0.3, 0.4) is 0 Å². The van der Waals surface area contributed by atoms with Gasteiger partial charge in [-0.15, -0.1) is 0 Å². The Labute approximate surface area is 155 Å². The molecule has 2 aromatic rings. The largest absolute Gasteiger partial charge is 0.349 e. The van der Waals surface area contributed by atoms with E-state index in [1.807, 2.05) is 19.1 Å². The summed E-state index contributed by atoms with van der Waals surface area (Å²) >= 11 is 0. The first kappa shape index (κ1) is 18.5. The van der Waals surface area contributed by atoms with Crippen molar-refractivity contribution in [2.75, 3.05) is 11.4 Å². The van der Waals surface area contributed by atoms with Crippen LogP contribution in [-0.2, 0) is 10.0 Å². The highest BCUT2D eigenvalue weighted by Crippen LogP contribution is 2.25. The SMILES string of the molecule is Cc1ccccc1N(C)S(=O)(=O)c1cccc(C(=O)NC2CCCC2)c1. The number of benzene rings is 2. The molecule has 1 saturated carbocycles. The van der Waals surface area contributed by atoms with Gasteiger partial charge in [0.25, 0.3) is 15.9 Å². The number of rotatable bonds is 5. The van der Waals surface area contributed by atoms with Crippen LogP contribution in [0.15, 0.2) is 53.4 Å². The summed E-state index contributed by atoms with van der Waals surface area (Å²) in [6.07, 6.45) is 4.22. The van der Waals surface area contributed by atoms with Gasteiger partial charge < -0.3 is 5.32 Å². The van der Waals surface area contributed by atoms with E-state index in [1.165, 1.54) is 23.5 Å². The monoisotopic (exact) mass is 372 g/mol. The van der Waals surface area contributed by atoms with Crippen molar-refractivity contribution < 1.29 is 13.2 Å². The Morgan fingerprint density at radius 1 is 1.08 bits per heavy atom. The van der Waals surface area contributed by atoms with E-state index in [9.17, 15) is 13.2 Å². The third kappa shape index (κ3) is 3.75. The molecule has 2 aromatic carbocycles.